The molecule has 1 aliphatic heterocycles. The van der Waals surface area contributed by atoms with E-state index in [1.165, 1.54) is 27.3 Å². The van der Waals surface area contributed by atoms with Gasteiger partial charge in [0.05, 0.1) is 29.9 Å². The van der Waals surface area contributed by atoms with Gasteiger partial charge in [-0.25, -0.2) is 4.98 Å². The number of hydrogen-bond donors (Lipinski definition) is 1. The second-order valence-corrected chi connectivity index (χ2v) is 7.85. The van der Waals surface area contributed by atoms with Crippen LogP contribution >= 0.6 is 11.6 Å². The first-order valence-corrected chi connectivity index (χ1v) is 10.6. The van der Waals surface area contributed by atoms with Crippen molar-refractivity contribution in [2.45, 2.75) is 19.9 Å². The maximum Gasteiger partial charge on any atom is 0.179 e. The smallest absolute Gasteiger partial charge is 0.179 e. The Morgan fingerprint density at radius 1 is 1.10 bits per heavy atom. The lowest BCUT2D eigenvalue weighted by atomic mass is 9.90. The SMILES string of the molecule is CCOc1cc(-c2nc3ccc4ccccc4c3c3c2CNCC3)cc(Cl)c1OC. The molecule has 3 aromatic carbocycles. The first-order chi connectivity index (χ1) is 14.7. The monoisotopic (exact) mass is 418 g/mol. The average molecular weight is 419 g/mol. The predicted octanol–water partition coefficient (Wildman–Crippen LogP) is 5.76. The number of pyridine rings is 1. The van der Waals surface area contributed by atoms with Gasteiger partial charge in [0.25, 0.3) is 0 Å². The molecule has 0 aliphatic carbocycles. The zero-order chi connectivity index (χ0) is 20.7. The van der Waals surface area contributed by atoms with Gasteiger partial charge in [0.2, 0.25) is 0 Å². The maximum absolute atomic E-state index is 6.55. The van der Waals surface area contributed by atoms with Crippen LogP contribution in [0.4, 0.5) is 0 Å². The summed E-state index contributed by atoms with van der Waals surface area (Å²) in [6, 6.07) is 16.7. The van der Waals surface area contributed by atoms with E-state index in [1.54, 1.807) is 7.11 Å². The highest BCUT2D eigenvalue weighted by Gasteiger charge is 2.22. The van der Waals surface area contributed by atoms with Crippen LogP contribution in [0.15, 0.2) is 48.5 Å². The van der Waals surface area contributed by atoms with Crippen LogP contribution in [0.5, 0.6) is 11.5 Å². The molecule has 0 radical (unpaired) electrons. The molecule has 2 heterocycles. The topological polar surface area (TPSA) is 43.4 Å². The fraction of sp³-hybridized carbons (Fsp3) is 0.240. The van der Waals surface area contributed by atoms with Crippen molar-refractivity contribution in [3.05, 3.63) is 64.7 Å². The van der Waals surface area contributed by atoms with E-state index >= 15 is 0 Å². The van der Waals surface area contributed by atoms with E-state index in [4.69, 9.17) is 26.1 Å². The van der Waals surface area contributed by atoms with Crippen LogP contribution in [0.25, 0.3) is 32.9 Å². The van der Waals surface area contributed by atoms with Crippen LogP contribution in [-0.2, 0) is 13.0 Å². The quantitative estimate of drug-likeness (QED) is 0.428. The number of benzene rings is 3. The fourth-order valence-electron chi connectivity index (χ4n) is 4.45. The van der Waals surface area contributed by atoms with Gasteiger partial charge in [0, 0.05) is 17.5 Å². The molecule has 1 aromatic heterocycles. The van der Waals surface area contributed by atoms with Crippen LogP contribution < -0.4 is 14.8 Å². The van der Waals surface area contributed by atoms with Crippen LogP contribution in [0.1, 0.15) is 18.1 Å². The van der Waals surface area contributed by atoms with Gasteiger partial charge in [-0.1, -0.05) is 41.9 Å². The van der Waals surface area contributed by atoms with Crippen molar-refractivity contribution in [3.63, 3.8) is 0 Å². The Kier molecular flexibility index (Phi) is 4.97. The average Bonchev–Trinajstić information content (AvgIpc) is 2.78. The second-order valence-electron chi connectivity index (χ2n) is 7.45. The van der Waals surface area contributed by atoms with Crippen molar-refractivity contribution in [1.29, 1.82) is 0 Å². The van der Waals surface area contributed by atoms with E-state index in [2.05, 4.69) is 41.7 Å². The number of ether oxygens (including phenoxy) is 2. The van der Waals surface area contributed by atoms with Gasteiger partial charge in [-0.15, -0.1) is 0 Å². The third kappa shape index (κ3) is 3.08. The van der Waals surface area contributed by atoms with E-state index in [9.17, 15) is 0 Å². The van der Waals surface area contributed by atoms with Gasteiger partial charge in [0.15, 0.2) is 11.5 Å². The summed E-state index contributed by atoms with van der Waals surface area (Å²) in [5.41, 5.74) is 5.50. The van der Waals surface area contributed by atoms with Crippen molar-refractivity contribution in [1.82, 2.24) is 10.3 Å². The van der Waals surface area contributed by atoms with Crippen LogP contribution in [-0.4, -0.2) is 25.2 Å². The molecule has 0 amide bonds. The predicted molar refractivity (Wildman–Crippen MR) is 123 cm³/mol. The number of hydrogen-bond acceptors (Lipinski definition) is 4. The van der Waals surface area contributed by atoms with Gasteiger partial charge in [-0.3, -0.25) is 0 Å². The minimum Gasteiger partial charge on any atom is -0.491 e. The van der Waals surface area contributed by atoms with E-state index in [-0.39, 0.29) is 0 Å². The van der Waals surface area contributed by atoms with Gasteiger partial charge in [-0.05, 0) is 60.0 Å². The van der Waals surface area contributed by atoms with Gasteiger partial charge >= 0.3 is 0 Å². The van der Waals surface area contributed by atoms with E-state index in [0.29, 0.717) is 23.1 Å². The zero-order valence-electron chi connectivity index (χ0n) is 17.1. The standard InChI is InChI=1S/C25H23ClN2O2/c1-3-30-22-13-16(12-20(26)25(22)29-2)24-19-14-27-11-10-18(19)23-17-7-5-4-6-15(17)8-9-21(23)28-24/h4-9,12-13,27H,3,10-11,14H2,1-2H3. The molecule has 0 spiro atoms. The molecule has 152 valence electrons. The first kappa shape index (κ1) is 19.2. The third-order valence-corrected chi connectivity index (χ3v) is 6.01. The van der Waals surface area contributed by atoms with Gasteiger partial charge in [-0.2, -0.15) is 0 Å². The summed E-state index contributed by atoms with van der Waals surface area (Å²) in [6.07, 6.45) is 0.970. The highest BCUT2D eigenvalue weighted by atomic mass is 35.5. The summed E-state index contributed by atoms with van der Waals surface area (Å²) in [5, 5.41) is 7.80. The summed E-state index contributed by atoms with van der Waals surface area (Å²) in [5.74, 6) is 1.20. The lowest BCUT2D eigenvalue weighted by Crippen LogP contribution is -2.25. The summed E-state index contributed by atoms with van der Waals surface area (Å²) in [6.45, 7) is 4.23. The molecular formula is C25H23ClN2O2. The van der Waals surface area contributed by atoms with Crippen molar-refractivity contribution < 1.29 is 9.47 Å². The number of nitrogens with zero attached hydrogens (tertiary/aromatic N) is 1. The lowest BCUT2D eigenvalue weighted by Gasteiger charge is -2.23. The van der Waals surface area contributed by atoms with Crippen molar-refractivity contribution in [2.75, 3.05) is 20.3 Å². The van der Waals surface area contributed by atoms with E-state index in [1.807, 2.05) is 19.1 Å². The van der Waals surface area contributed by atoms with Crippen molar-refractivity contribution in [2.24, 2.45) is 0 Å². The molecule has 0 bridgehead atoms. The minimum atomic E-state index is 0.524. The lowest BCUT2D eigenvalue weighted by molar-refractivity contribution is 0.311. The zero-order valence-corrected chi connectivity index (χ0v) is 17.8. The molecule has 0 saturated heterocycles. The Morgan fingerprint density at radius 2 is 1.97 bits per heavy atom. The van der Waals surface area contributed by atoms with Crippen LogP contribution in [0.3, 0.4) is 0 Å². The molecule has 0 fully saturated rings. The Bertz CT molecular complexity index is 1270. The molecule has 4 aromatic rings. The molecule has 5 heteroatoms. The summed E-state index contributed by atoms with van der Waals surface area (Å²) in [4.78, 5) is 5.11. The molecule has 0 saturated carbocycles. The number of fused-ring (bicyclic) bond motifs is 5. The summed E-state index contributed by atoms with van der Waals surface area (Å²) >= 11 is 6.55. The van der Waals surface area contributed by atoms with E-state index in [0.717, 1.165) is 36.3 Å². The normalized spacial score (nSPS) is 13.4. The van der Waals surface area contributed by atoms with Crippen LogP contribution in [0, 0.1) is 0 Å². The molecule has 4 nitrogen and oxygen atoms in total. The first-order valence-electron chi connectivity index (χ1n) is 10.3. The fourth-order valence-corrected chi connectivity index (χ4v) is 4.74. The minimum absolute atomic E-state index is 0.524. The summed E-state index contributed by atoms with van der Waals surface area (Å²) < 4.78 is 11.3. The van der Waals surface area contributed by atoms with Crippen molar-refractivity contribution >= 4 is 33.3 Å². The Labute approximate surface area is 180 Å². The van der Waals surface area contributed by atoms with Gasteiger partial charge < -0.3 is 14.8 Å². The molecule has 0 atom stereocenters. The highest BCUT2D eigenvalue weighted by molar-refractivity contribution is 6.32. The van der Waals surface area contributed by atoms with E-state index < -0.39 is 0 Å². The number of methoxy groups -OCH3 is 1. The largest absolute Gasteiger partial charge is 0.491 e. The second kappa shape index (κ2) is 7.78. The number of nitrogens with one attached hydrogen (secondary N) is 1. The summed E-state index contributed by atoms with van der Waals surface area (Å²) in [7, 11) is 1.61. The molecule has 1 N–H and O–H groups in total. The maximum atomic E-state index is 6.55. The van der Waals surface area contributed by atoms with Crippen LogP contribution in [0.2, 0.25) is 5.02 Å². The Morgan fingerprint density at radius 3 is 2.80 bits per heavy atom. The molecule has 5 rings (SSSR count). The molecule has 0 unspecified atom stereocenters. The number of rotatable bonds is 4. The Hall–Kier alpha value is -2.82. The molecule has 1 aliphatic rings. The molecule has 30 heavy (non-hydrogen) atoms. The highest BCUT2D eigenvalue weighted by Crippen LogP contribution is 2.42. The number of halogens is 1. The van der Waals surface area contributed by atoms with Crippen molar-refractivity contribution in [3.8, 4) is 22.8 Å². The number of aromatic nitrogens is 1. The van der Waals surface area contributed by atoms with Gasteiger partial charge in [0.1, 0.15) is 0 Å². The third-order valence-electron chi connectivity index (χ3n) is 5.73. The Balaban J connectivity index is 1.82. The molecular weight excluding hydrogens is 396 g/mol.